The summed E-state index contributed by atoms with van der Waals surface area (Å²) in [5.74, 6) is 0. The van der Waals surface area contributed by atoms with Gasteiger partial charge in [0.2, 0.25) is 0 Å². The Hall–Kier alpha value is -0.620. The molecule has 1 aliphatic carbocycles. The monoisotopic (exact) mass is 245 g/mol. The Balaban J connectivity index is 2.22. The van der Waals surface area contributed by atoms with Crippen LogP contribution in [0.4, 0.5) is 0 Å². The van der Waals surface area contributed by atoms with Gasteiger partial charge in [0.25, 0.3) is 0 Å². The van der Waals surface area contributed by atoms with E-state index in [1.54, 1.807) is 18.0 Å². The third kappa shape index (κ3) is 1.96. The quantitative estimate of drug-likeness (QED) is 0.810. The summed E-state index contributed by atoms with van der Waals surface area (Å²) in [5.41, 5.74) is 5.45. The molecule has 3 N–H and O–H groups in total. The van der Waals surface area contributed by atoms with Crippen LogP contribution >= 0.6 is 11.6 Å². The number of halogens is 1. The van der Waals surface area contributed by atoms with Crippen LogP contribution in [0.1, 0.15) is 18.5 Å². The first-order valence-corrected chi connectivity index (χ1v) is 5.63. The lowest BCUT2D eigenvalue weighted by atomic mass is 9.74. The second-order valence-corrected chi connectivity index (χ2v) is 4.66. The van der Waals surface area contributed by atoms with Crippen molar-refractivity contribution in [2.24, 2.45) is 5.73 Å². The molecule has 6 heteroatoms. The van der Waals surface area contributed by atoms with Gasteiger partial charge in [0, 0.05) is 13.2 Å². The van der Waals surface area contributed by atoms with Gasteiger partial charge < -0.3 is 15.6 Å². The smallest absolute Gasteiger partial charge is 0.111 e. The van der Waals surface area contributed by atoms with Crippen molar-refractivity contribution in [2.45, 2.75) is 31.0 Å². The van der Waals surface area contributed by atoms with Crippen LogP contribution in [0.15, 0.2) is 6.20 Å². The van der Waals surface area contributed by atoms with Crippen molar-refractivity contribution in [3.63, 3.8) is 0 Å². The van der Waals surface area contributed by atoms with E-state index in [0.29, 0.717) is 36.7 Å². The lowest BCUT2D eigenvalue weighted by Gasteiger charge is -2.42. The summed E-state index contributed by atoms with van der Waals surface area (Å²) in [5, 5.41) is 15.0. The lowest BCUT2D eigenvalue weighted by Crippen LogP contribution is -2.50. The van der Waals surface area contributed by atoms with E-state index in [4.69, 9.17) is 22.1 Å². The highest BCUT2D eigenvalue weighted by Gasteiger charge is 2.45. The van der Waals surface area contributed by atoms with Crippen LogP contribution in [-0.4, -0.2) is 34.6 Å². The molecule has 1 aliphatic rings. The van der Waals surface area contributed by atoms with Gasteiger partial charge in [-0.05, 0) is 12.8 Å². The number of ether oxygens (including phenoxy) is 1. The molecule has 90 valence electrons. The zero-order chi connectivity index (χ0) is 11.8. The highest BCUT2D eigenvalue weighted by molar-refractivity contribution is 6.31. The highest BCUT2D eigenvalue weighted by atomic mass is 35.5. The van der Waals surface area contributed by atoms with Crippen molar-refractivity contribution < 1.29 is 9.84 Å². The molecule has 1 heterocycles. The van der Waals surface area contributed by atoms with Crippen LogP contribution < -0.4 is 5.73 Å². The minimum Gasteiger partial charge on any atom is -0.383 e. The number of aliphatic hydroxyl groups is 1. The molecule has 2 rings (SSSR count). The largest absolute Gasteiger partial charge is 0.383 e. The maximum absolute atomic E-state index is 10.3. The third-order valence-electron chi connectivity index (χ3n) is 2.94. The van der Waals surface area contributed by atoms with Gasteiger partial charge in [-0.15, -0.1) is 0 Å². The van der Waals surface area contributed by atoms with E-state index in [9.17, 15) is 5.11 Å². The average Bonchev–Trinajstić information content (AvgIpc) is 2.55. The van der Waals surface area contributed by atoms with Crippen LogP contribution in [0.5, 0.6) is 0 Å². The van der Waals surface area contributed by atoms with Gasteiger partial charge in [0.1, 0.15) is 5.60 Å². The van der Waals surface area contributed by atoms with Crippen molar-refractivity contribution >= 4 is 11.6 Å². The normalized spacial score (nSPS) is 29.1. The van der Waals surface area contributed by atoms with Gasteiger partial charge in [-0.3, -0.25) is 4.68 Å². The second kappa shape index (κ2) is 4.33. The van der Waals surface area contributed by atoms with Gasteiger partial charge in [0.15, 0.2) is 0 Å². The average molecular weight is 246 g/mol. The predicted molar refractivity (Wildman–Crippen MR) is 60.2 cm³/mol. The van der Waals surface area contributed by atoms with Crippen molar-refractivity contribution in [3.8, 4) is 0 Å². The van der Waals surface area contributed by atoms with Gasteiger partial charge >= 0.3 is 0 Å². The van der Waals surface area contributed by atoms with E-state index < -0.39 is 5.60 Å². The molecule has 16 heavy (non-hydrogen) atoms. The van der Waals surface area contributed by atoms with E-state index in [1.165, 1.54) is 0 Å². The molecule has 1 saturated carbocycles. The van der Waals surface area contributed by atoms with Crippen LogP contribution in [0.25, 0.3) is 0 Å². The van der Waals surface area contributed by atoms with Gasteiger partial charge in [-0.1, -0.05) is 11.6 Å². The fraction of sp³-hybridized carbons (Fsp3) is 0.700. The zero-order valence-electron chi connectivity index (χ0n) is 9.19. The molecule has 1 aromatic rings. The zero-order valence-corrected chi connectivity index (χ0v) is 9.94. The van der Waals surface area contributed by atoms with Crippen LogP contribution in [0.3, 0.4) is 0 Å². The highest BCUT2D eigenvalue weighted by Crippen LogP contribution is 2.43. The number of nitrogens with two attached hydrogens (primary N) is 1. The molecule has 0 spiro atoms. The van der Waals surface area contributed by atoms with Crippen molar-refractivity contribution in [1.29, 1.82) is 0 Å². The maximum atomic E-state index is 10.3. The van der Waals surface area contributed by atoms with Gasteiger partial charge in [-0.25, -0.2) is 0 Å². The Morgan fingerprint density at radius 3 is 3.00 bits per heavy atom. The number of methoxy groups -OCH3 is 1. The topological polar surface area (TPSA) is 73.3 Å². The summed E-state index contributed by atoms with van der Waals surface area (Å²) in [6.45, 7) is 1.11. The number of hydrogen-bond donors (Lipinski definition) is 2. The molecular formula is C10H16ClN3O2. The number of rotatable bonds is 4. The fourth-order valence-corrected chi connectivity index (χ4v) is 2.49. The van der Waals surface area contributed by atoms with Crippen molar-refractivity contribution in [3.05, 3.63) is 16.9 Å². The maximum Gasteiger partial charge on any atom is 0.111 e. The summed E-state index contributed by atoms with van der Waals surface area (Å²) >= 11 is 6.04. The summed E-state index contributed by atoms with van der Waals surface area (Å²) in [7, 11) is 1.62. The Kier molecular flexibility index (Phi) is 3.21. The fourth-order valence-electron chi connectivity index (χ4n) is 2.17. The van der Waals surface area contributed by atoms with E-state index in [2.05, 4.69) is 5.10 Å². The van der Waals surface area contributed by atoms with Crippen LogP contribution in [-0.2, 0) is 16.9 Å². The Morgan fingerprint density at radius 1 is 1.75 bits per heavy atom. The van der Waals surface area contributed by atoms with Crippen LogP contribution in [0, 0.1) is 0 Å². The molecule has 0 unspecified atom stereocenters. The Bertz CT molecular complexity index is 374. The first-order chi connectivity index (χ1) is 7.57. The summed E-state index contributed by atoms with van der Waals surface area (Å²) < 4.78 is 6.68. The number of nitrogens with zero attached hydrogens (tertiary/aromatic N) is 2. The first kappa shape index (κ1) is 11.9. The Labute approximate surface area is 99.1 Å². The van der Waals surface area contributed by atoms with Gasteiger partial charge in [0.05, 0.1) is 30.1 Å². The minimum absolute atomic E-state index is 0.0480. The molecule has 0 aromatic carbocycles. The SMILES string of the molecule is COCCn1ncc(Cl)c1C1(O)CC(N)C1. The number of aromatic nitrogens is 2. The standard InChI is InChI=1S/C10H16ClN3O2/c1-16-3-2-14-9(8(11)6-13-14)10(15)4-7(12)5-10/h6-7,15H,2-5,12H2,1H3. The van der Waals surface area contributed by atoms with Crippen LogP contribution in [0.2, 0.25) is 5.02 Å². The lowest BCUT2D eigenvalue weighted by molar-refractivity contribution is -0.0598. The van der Waals surface area contributed by atoms with E-state index >= 15 is 0 Å². The molecule has 0 atom stereocenters. The summed E-state index contributed by atoms with van der Waals surface area (Å²) in [4.78, 5) is 0. The summed E-state index contributed by atoms with van der Waals surface area (Å²) in [6.07, 6.45) is 2.62. The molecule has 1 aromatic heterocycles. The molecule has 0 bridgehead atoms. The second-order valence-electron chi connectivity index (χ2n) is 4.26. The first-order valence-electron chi connectivity index (χ1n) is 5.25. The minimum atomic E-state index is -0.916. The third-order valence-corrected chi connectivity index (χ3v) is 3.22. The van der Waals surface area contributed by atoms with E-state index in [1.807, 2.05) is 0 Å². The predicted octanol–water partition coefficient (Wildman–Crippen LogP) is 0.492. The van der Waals surface area contributed by atoms with E-state index in [0.717, 1.165) is 0 Å². The van der Waals surface area contributed by atoms with Crippen molar-refractivity contribution in [2.75, 3.05) is 13.7 Å². The molecule has 0 radical (unpaired) electrons. The molecule has 1 fully saturated rings. The molecule has 0 amide bonds. The molecule has 5 nitrogen and oxygen atoms in total. The summed E-state index contributed by atoms with van der Waals surface area (Å²) in [6, 6.07) is 0.0480. The van der Waals surface area contributed by atoms with Crippen molar-refractivity contribution in [1.82, 2.24) is 9.78 Å². The van der Waals surface area contributed by atoms with E-state index in [-0.39, 0.29) is 6.04 Å². The van der Waals surface area contributed by atoms with Gasteiger partial charge in [-0.2, -0.15) is 5.10 Å². The molecule has 0 aliphatic heterocycles. The Morgan fingerprint density at radius 2 is 2.44 bits per heavy atom. The molecular weight excluding hydrogens is 230 g/mol. The number of hydrogen-bond acceptors (Lipinski definition) is 4. The molecule has 0 saturated heterocycles.